The van der Waals surface area contributed by atoms with Gasteiger partial charge >= 0.3 is 0 Å². The number of nitrogens with one attached hydrogen (secondary N) is 1. The van der Waals surface area contributed by atoms with Crippen LogP contribution in [0.4, 0.5) is 5.82 Å². The van der Waals surface area contributed by atoms with Gasteiger partial charge in [-0.15, -0.1) is 0 Å². The molecule has 1 aliphatic heterocycles. The van der Waals surface area contributed by atoms with E-state index >= 15 is 0 Å². The first-order chi connectivity index (χ1) is 9.24. The Balaban J connectivity index is 1.87. The van der Waals surface area contributed by atoms with Crippen LogP contribution in [0, 0.1) is 18.9 Å². The van der Waals surface area contributed by atoms with Crippen LogP contribution in [0.25, 0.3) is 0 Å². The third-order valence-electron chi connectivity index (χ3n) is 2.92. The number of benzene rings is 1. The summed E-state index contributed by atoms with van der Waals surface area (Å²) in [6.07, 6.45) is 0.757. The highest BCUT2D eigenvalue weighted by Gasteiger charge is 2.22. The van der Waals surface area contributed by atoms with Gasteiger partial charge < -0.3 is 10.1 Å². The third-order valence-corrected chi connectivity index (χ3v) is 2.92. The topological polar surface area (TPSA) is 51.6 Å². The van der Waals surface area contributed by atoms with Crippen LogP contribution in [0.3, 0.4) is 0 Å². The number of H-pyrrole nitrogens is 1. The van der Waals surface area contributed by atoms with Crippen molar-refractivity contribution in [2.75, 3.05) is 0 Å². The maximum Gasteiger partial charge on any atom is 0.169 e. The molecule has 1 aromatic heterocycles. The van der Waals surface area contributed by atoms with Crippen molar-refractivity contribution in [3.05, 3.63) is 53.2 Å². The second-order valence-corrected chi connectivity index (χ2v) is 4.38. The molecule has 2 heterocycles. The summed E-state index contributed by atoms with van der Waals surface area (Å²) >= 11 is 0. The van der Waals surface area contributed by atoms with Gasteiger partial charge in [-0.25, -0.2) is 4.99 Å². The van der Waals surface area contributed by atoms with Crippen molar-refractivity contribution in [3.8, 4) is 12.0 Å². The maximum atomic E-state index is 10.2. The number of hydrogen-bond donors (Lipinski definition) is 2. The van der Waals surface area contributed by atoms with Crippen LogP contribution in [0.1, 0.15) is 23.0 Å². The molecule has 94 valence electrons. The number of aliphatic hydroxyl groups excluding tert-OH is 1. The van der Waals surface area contributed by atoms with Gasteiger partial charge in [-0.3, -0.25) is 4.90 Å². The molecular weight excluding hydrogens is 238 g/mol. The lowest BCUT2D eigenvalue weighted by atomic mass is 10.2. The SMILES string of the molecule is Cc1cc2c([nH]1)N=CN(C#Cc1ccccc1)C2O. The van der Waals surface area contributed by atoms with Crippen molar-refractivity contribution < 1.29 is 5.11 Å². The number of nitrogens with zero attached hydrogens (tertiary/aromatic N) is 2. The Morgan fingerprint density at radius 1 is 1.32 bits per heavy atom. The minimum absolute atomic E-state index is 0.697. The third kappa shape index (κ3) is 2.24. The van der Waals surface area contributed by atoms with E-state index in [1.54, 1.807) is 6.34 Å². The molecule has 1 unspecified atom stereocenters. The number of fused-ring (bicyclic) bond motifs is 1. The van der Waals surface area contributed by atoms with Gasteiger partial charge in [-0.05, 0) is 31.0 Å². The molecule has 0 aliphatic carbocycles. The van der Waals surface area contributed by atoms with Crippen molar-refractivity contribution in [3.63, 3.8) is 0 Å². The Bertz CT molecular complexity index is 676. The molecule has 19 heavy (non-hydrogen) atoms. The molecule has 1 aromatic carbocycles. The van der Waals surface area contributed by atoms with Gasteiger partial charge in [0.2, 0.25) is 0 Å². The quantitative estimate of drug-likeness (QED) is 0.706. The molecule has 2 aromatic rings. The number of hydrogen-bond acceptors (Lipinski definition) is 3. The Morgan fingerprint density at radius 2 is 2.11 bits per heavy atom. The summed E-state index contributed by atoms with van der Waals surface area (Å²) in [6.45, 7) is 1.93. The van der Waals surface area contributed by atoms with Crippen molar-refractivity contribution in [1.29, 1.82) is 0 Å². The maximum absolute atomic E-state index is 10.2. The lowest BCUT2D eigenvalue weighted by molar-refractivity contribution is 0.0900. The monoisotopic (exact) mass is 251 g/mol. The summed E-state index contributed by atoms with van der Waals surface area (Å²) in [7, 11) is 0. The predicted molar refractivity (Wildman–Crippen MR) is 73.8 cm³/mol. The Kier molecular flexibility index (Phi) is 2.82. The molecule has 4 nitrogen and oxygen atoms in total. The van der Waals surface area contributed by atoms with Crippen LogP contribution < -0.4 is 0 Å². The molecule has 2 N–H and O–H groups in total. The van der Waals surface area contributed by atoms with Crippen molar-refractivity contribution in [2.45, 2.75) is 13.2 Å². The molecular formula is C15H13N3O. The number of rotatable bonds is 0. The van der Waals surface area contributed by atoms with E-state index in [9.17, 15) is 5.11 Å². The van der Waals surface area contributed by atoms with E-state index in [0.29, 0.717) is 5.82 Å². The average molecular weight is 251 g/mol. The number of aryl methyl sites for hydroxylation is 1. The predicted octanol–water partition coefficient (Wildman–Crippen LogP) is 2.30. The molecule has 0 spiro atoms. The highest BCUT2D eigenvalue weighted by molar-refractivity contribution is 5.68. The van der Waals surface area contributed by atoms with Gasteiger partial charge in [0, 0.05) is 22.9 Å². The van der Waals surface area contributed by atoms with Crippen molar-refractivity contribution in [2.24, 2.45) is 4.99 Å². The summed E-state index contributed by atoms with van der Waals surface area (Å²) < 4.78 is 0. The van der Waals surface area contributed by atoms with Crippen LogP contribution in [0.2, 0.25) is 0 Å². The number of aromatic amines is 1. The molecule has 0 bridgehead atoms. The van der Waals surface area contributed by atoms with Crippen LogP contribution in [0.15, 0.2) is 41.4 Å². The number of aromatic nitrogens is 1. The minimum atomic E-state index is -0.784. The lowest BCUT2D eigenvalue weighted by Gasteiger charge is -2.22. The molecule has 0 amide bonds. The standard InChI is InChI=1S/C15H13N3O/c1-11-9-13-14(17-11)16-10-18(15(13)19)8-7-12-5-3-2-4-6-12/h2-6,9-10,15,17,19H,1H3. The Morgan fingerprint density at radius 3 is 2.89 bits per heavy atom. The summed E-state index contributed by atoms with van der Waals surface area (Å²) in [5.74, 6) is 3.69. The van der Waals surface area contributed by atoms with Crippen LogP contribution in [-0.4, -0.2) is 21.3 Å². The number of aliphatic imine (C=N–C) groups is 1. The van der Waals surface area contributed by atoms with E-state index in [1.807, 2.05) is 43.3 Å². The molecule has 1 atom stereocenters. The van der Waals surface area contributed by atoms with E-state index in [1.165, 1.54) is 4.90 Å². The second-order valence-electron chi connectivity index (χ2n) is 4.38. The number of aliphatic hydroxyl groups is 1. The lowest BCUT2D eigenvalue weighted by Crippen LogP contribution is -2.24. The molecule has 0 fully saturated rings. The fourth-order valence-corrected chi connectivity index (χ4v) is 1.97. The minimum Gasteiger partial charge on any atom is -0.368 e. The summed E-state index contributed by atoms with van der Waals surface area (Å²) in [6, 6.07) is 14.4. The molecule has 0 saturated heterocycles. The van der Waals surface area contributed by atoms with Crippen molar-refractivity contribution >= 4 is 12.2 Å². The van der Waals surface area contributed by atoms with Crippen LogP contribution in [0.5, 0.6) is 0 Å². The zero-order chi connectivity index (χ0) is 13.2. The van der Waals surface area contributed by atoms with Gasteiger partial charge in [0.05, 0.1) is 0 Å². The zero-order valence-electron chi connectivity index (χ0n) is 10.5. The van der Waals surface area contributed by atoms with Gasteiger partial charge in [0.25, 0.3) is 0 Å². The molecule has 3 rings (SSSR count). The van der Waals surface area contributed by atoms with Crippen molar-refractivity contribution in [1.82, 2.24) is 9.88 Å². The molecule has 4 heteroatoms. The fourth-order valence-electron chi connectivity index (χ4n) is 1.97. The highest BCUT2D eigenvalue weighted by atomic mass is 16.3. The second kappa shape index (κ2) is 4.63. The largest absolute Gasteiger partial charge is 0.368 e. The summed E-state index contributed by atoms with van der Waals surface area (Å²) in [4.78, 5) is 8.83. The normalized spacial score (nSPS) is 16.7. The first-order valence-electron chi connectivity index (χ1n) is 6.01. The van der Waals surface area contributed by atoms with Gasteiger partial charge in [0.15, 0.2) is 6.23 Å². The molecule has 0 saturated carbocycles. The van der Waals surface area contributed by atoms with E-state index in [-0.39, 0.29) is 0 Å². The fraction of sp³-hybridized carbons (Fsp3) is 0.133. The van der Waals surface area contributed by atoms with E-state index in [0.717, 1.165) is 16.8 Å². The Labute approximate surface area is 111 Å². The van der Waals surface area contributed by atoms with E-state index in [2.05, 4.69) is 21.9 Å². The van der Waals surface area contributed by atoms with Gasteiger partial charge in [-0.2, -0.15) is 0 Å². The average Bonchev–Trinajstić information content (AvgIpc) is 2.81. The van der Waals surface area contributed by atoms with Gasteiger partial charge in [-0.1, -0.05) is 18.2 Å². The highest BCUT2D eigenvalue weighted by Crippen LogP contribution is 2.30. The molecule has 1 aliphatic rings. The van der Waals surface area contributed by atoms with Crippen LogP contribution >= 0.6 is 0 Å². The van der Waals surface area contributed by atoms with Crippen LogP contribution in [-0.2, 0) is 0 Å². The molecule has 0 radical (unpaired) electrons. The first kappa shape index (κ1) is 11.6. The summed E-state index contributed by atoms with van der Waals surface area (Å²) in [5.41, 5.74) is 2.63. The summed E-state index contributed by atoms with van der Waals surface area (Å²) in [5, 5.41) is 10.2. The Hall–Kier alpha value is -2.51. The zero-order valence-corrected chi connectivity index (χ0v) is 10.5. The van der Waals surface area contributed by atoms with Gasteiger partial charge in [0.1, 0.15) is 12.2 Å². The first-order valence-corrected chi connectivity index (χ1v) is 6.01. The van der Waals surface area contributed by atoms with E-state index in [4.69, 9.17) is 0 Å². The van der Waals surface area contributed by atoms with E-state index < -0.39 is 6.23 Å². The smallest absolute Gasteiger partial charge is 0.169 e.